The Balaban J connectivity index is 1.58. The fraction of sp³-hybridized carbons (Fsp3) is 0.238. The highest BCUT2D eigenvalue weighted by Crippen LogP contribution is 2.20. The third kappa shape index (κ3) is 5.84. The molecule has 3 N–H and O–H groups in total. The number of phenols is 1. The van der Waals surface area contributed by atoms with Crippen LogP contribution in [-0.4, -0.2) is 37.4 Å². The number of phenolic OH excluding ortho intramolecular Hbond substituents is 1. The maximum absolute atomic E-state index is 12.4. The average molecular weight is 426 g/mol. The van der Waals surface area contributed by atoms with Crippen molar-refractivity contribution in [2.24, 2.45) is 0 Å². The lowest BCUT2D eigenvalue weighted by Gasteiger charge is -2.09. The number of anilines is 2. The number of aromatic nitrogens is 3. The Hall–Kier alpha value is -3.33. The van der Waals surface area contributed by atoms with Crippen LogP contribution in [0.5, 0.6) is 5.75 Å². The van der Waals surface area contributed by atoms with E-state index in [0.717, 1.165) is 11.3 Å². The van der Waals surface area contributed by atoms with Crippen molar-refractivity contribution in [3.05, 3.63) is 59.9 Å². The molecule has 1 aromatic heterocycles. The molecule has 0 saturated heterocycles. The number of hydrogen-bond acceptors (Lipinski definition) is 6. The second kappa shape index (κ2) is 9.93. The number of aromatic hydroxyl groups is 1. The molecule has 0 aliphatic rings. The number of nitrogens with zero attached hydrogens (tertiary/aromatic N) is 3. The van der Waals surface area contributed by atoms with Crippen molar-refractivity contribution in [3.8, 4) is 5.75 Å². The molecule has 0 bridgehead atoms. The number of rotatable bonds is 8. The third-order valence-electron chi connectivity index (χ3n) is 4.19. The zero-order valence-corrected chi connectivity index (χ0v) is 17.6. The van der Waals surface area contributed by atoms with Crippen molar-refractivity contribution in [1.29, 1.82) is 0 Å². The van der Waals surface area contributed by atoms with E-state index in [0.29, 0.717) is 23.2 Å². The quantitative estimate of drug-likeness (QED) is 0.478. The number of carbonyl (C=O) groups is 2. The number of benzene rings is 2. The summed E-state index contributed by atoms with van der Waals surface area (Å²) in [5.41, 5.74) is 2.32. The topological polar surface area (TPSA) is 109 Å². The number of hydrogen-bond donors (Lipinski definition) is 3. The first-order chi connectivity index (χ1) is 14.4. The third-order valence-corrected chi connectivity index (χ3v) is 5.16. The normalized spacial score (nSPS) is 10.6. The summed E-state index contributed by atoms with van der Waals surface area (Å²) in [5, 5.41) is 23.9. The first-order valence-corrected chi connectivity index (χ1v) is 10.4. The van der Waals surface area contributed by atoms with Crippen LogP contribution in [0.25, 0.3) is 0 Å². The molecule has 0 unspecified atom stereocenters. The van der Waals surface area contributed by atoms with Crippen LogP contribution in [0.4, 0.5) is 11.4 Å². The summed E-state index contributed by atoms with van der Waals surface area (Å²) in [6, 6.07) is 13.9. The molecule has 156 valence electrons. The molecular formula is C21H23N5O3S. The molecule has 30 heavy (non-hydrogen) atoms. The first kappa shape index (κ1) is 21.4. The summed E-state index contributed by atoms with van der Waals surface area (Å²) in [7, 11) is 0. The van der Waals surface area contributed by atoms with E-state index in [1.807, 2.05) is 42.7 Å². The fourth-order valence-corrected chi connectivity index (χ4v) is 3.68. The first-order valence-electron chi connectivity index (χ1n) is 9.45. The summed E-state index contributed by atoms with van der Waals surface area (Å²) in [6.45, 7) is 4.47. The van der Waals surface area contributed by atoms with E-state index >= 15 is 0 Å². The predicted molar refractivity (Wildman–Crippen MR) is 117 cm³/mol. The largest absolute Gasteiger partial charge is 0.508 e. The van der Waals surface area contributed by atoms with Gasteiger partial charge in [0, 0.05) is 24.0 Å². The summed E-state index contributed by atoms with van der Waals surface area (Å²) in [4.78, 5) is 24.6. The molecule has 3 rings (SSSR count). The number of aryl methyl sites for hydroxylation is 1. The molecule has 0 radical (unpaired) electrons. The van der Waals surface area contributed by atoms with Crippen molar-refractivity contribution in [1.82, 2.24) is 14.8 Å². The Kier molecular flexibility index (Phi) is 7.08. The molecule has 0 atom stereocenters. The van der Waals surface area contributed by atoms with Gasteiger partial charge in [0.2, 0.25) is 11.8 Å². The van der Waals surface area contributed by atoms with Crippen molar-refractivity contribution in [2.75, 3.05) is 16.4 Å². The van der Waals surface area contributed by atoms with Crippen molar-refractivity contribution >= 4 is 35.0 Å². The molecule has 0 aliphatic heterocycles. The summed E-state index contributed by atoms with van der Waals surface area (Å²) in [6.07, 6.45) is 0.0881. The van der Waals surface area contributed by atoms with Gasteiger partial charge in [-0.1, -0.05) is 30.0 Å². The average Bonchev–Trinajstić information content (AvgIpc) is 3.07. The van der Waals surface area contributed by atoms with Gasteiger partial charge in [-0.2, -0.15) is 0 Å². The van der Waals surface area contributed by atoms with Crippen LogP contribution in [-0.2, 0) is 22.6 Å². The van der Waals surface area contributed by atoms with Gasteiger partial charge in [-0.05, 0) is 43.7 Å². The van der Waals surface area contributed by atoms with Crippen LogP contribution in [0.2, 0.25) is 0 Å². The van der Waals surface area contributed by atoms with Crippen molar-refractivity contribution in [2.45, 2.75) is 32.0 Å². The Bertz CT molecular complexity index is 1050. The van der Waals surface area contributed by atoms with Gasteiger partial charge in [0.1, 0.15) is 11.6 Å². The molecule has 3 aromatic rings. The highest BCUT2D eigenvalue weighted by Gasteiger charge is 2.16. The van der Waals surface area contributed by atoms with Crippen molar-refractivity contribution in [3.63, 3.8) is 0 Å². The molecule has 9 heteroatoms. The molecule has 0 saturated carbocycles. The SMILES string of the molecule is CCn1c(CC(=O)Nc2cccc(C)c2)nnc1SCC(=O)Nc1cccc(O)c1. The van der Waals surface area contributed by atoms with Crippen LogP contribution in [0, 0.1) is 6.92 Å². The lowest BCUT2D eigenvalue weighted by Crippen LogP contribution is -2.18. The second-order valence-corrected chi connectivity index (χ2v) is 7.57. The maximum atomic E-state index is 12.4. The Morgan fingerprint density at radius 3 is 2.43 bits per heavy atom. The van der Waals surface area contributed by atoms with Crippen LogP contribution in [0.3, 0.4) is 0 Å². The second-order valence-electron chi connectivity index (χ2n) is 6.62. The lowest BCUT2D eigenvalue weighted by molar-refractivity contribution is -0.116. The van der Waals surface area contributed by atoms with Gasteiger partial charge in [0.25, 0.3) is 0 Å². The molecule has 1 heterocycles. The summed E-state index contributed by atoms with van der Waals surface area (Å²) in [5.74, 6) is 0.345. The van der Waals surface area contributed by atoms with Gasteiger partial charge < -0.3 is 20.3 Å². The number of thioether (sulfide) groups is 1. The van der Waals surface area contributed by atoms with E-state index < -0.39 is 0 Å². The molecular weight excluding hydrogens is 402 g/mol. The van der Waals surface area contributed by atoms with E-state index in [1.54, 1.807) is 12.1 Å². The molecule has 0 fully saturated rings. The van der Waals surface area contributed by atoms with Gasteiger partial charge in [-0.15, -0.1) is 10.2 Å². The van der Waals surface area contributed by atoms with E-state index in [-0.39, 0.29) is 29.7 Å². The molecule has 0 aliphatic carbocycles. The van der Waals surface area contributed by atoms with E-state index in [1.165, 1.54) is 23.9 Å². The van der Waals surface area contributed by atoms with E-state index in [9.17, 15) is 14.7 Å². The van der Waals surface area contributed by atoms with Crippen LogP contribution < -0.4 is 10.6 Å². The van der Waals surface area contributed by atoms with Gasteiger partial charge in [-0.25, -0.2) is 0 Å². The van der Waals surface area contributed by atoms with Crippen molar-refractivity contribution < 1.29 is 14.7 Å². The molecule has 8 nitrogen and oxygen atoms in total. The molecule has 2 amide bonds. The van der Waals surface area contributed by atoms with Crippen LogP contribution in [0.15, 0.2) is 53.7 Å². The van der Waals surface area contributed by atoms with Gasteiger partial charge in [0.15, 0.2) is 5.16 Å². The monoisotopic (exact) mass is 425 g/mol. The molecule has 2 aromatic carbocycles. The number of amides is 2. The van der Waals surface area contributed by atoms with Gasteiger partial charge in [-0.3, -0.25) is 9.59 Å². The minimum absolute atomic E-state index is 0.0831. The number of nitrogens with one attached hydrogen (secondary N) is 2. The van der Waals surface area contributed by atoms with Crippen LogP contribution in [0.1, 0.15) is 18.3 Å². The summed E-state index contributed by atoms with van der Waals surface area (Å²) >= 11 is 1.24. The van der Waals surface area contributed by atoms with Gasteiger partial charge >= 0.3 is 0 Å². The maximum Gasteiger partial charge on any atom is 0.234 e. The van der Waals surface area contributed by atoms with Crippen LogP contribution >= 0.6 is 11.8 Å². The highest BCUT2D eigenvalue weighted by molar-refractivity contribution is 7.99. The Labute approximate surface area is 178 Å². The van der Waals surface area contributed by atoms with Gasteiger partial charge in [0.05, 0.1) is 12.2 Å². The Morgan fingerprint density at radius 1 is 1.03 bits per heavy atom. The highest BCUT2D eigenvalue weighted by atomic mass is 32.2. The standard InChI is InChI=1S/C21H23N5O3S/c1-3-26-18(12-19(28)22-15-7-4-6-14(2)10-15)24-25-21(26)30-13-20(29)23-16-8-5-9-17(27)11-16/h4-11,27H,3,12-13H2,1-2H3,(H,22,28)(H,23,29). The smallest absolute Gasteiger partial charge is 0.234 e. The van der Waals surface area contributed by atoms with E-state index in [2.05, 4.69) is 20.8 Å². The lowest BCUT2D eigenvalue weighted by atomic mass is 10.2. The Morgan fingerprint density at radius 2 is 1.73 bits per heavy atom. The van der Waals surface area contributed by atoms with E-state index in [4.69, 9.17) is 0 Å². The number of carbonyl (C=O) groups excluding carboxylic acids is 2. The zero-order valence-electron chi connectivity index (χ0n) is 16.8. The zero-order chi connectivity index (χ0) is 21.5. The summed E-state index contributed by atoms with van der Waals surface area (Å²) < 4.78 is 1.82. The fourth-order valence-electron chi connectivity index (χ4n) is 2.86. The minimum Gasteiger partial charge on any atom is -0.508 e. The minimum atomic E-state index is -0.227. The molecule has 0 spiro atoms. The predicted octanol–water partition coefficient (Wildman–Crippen LogP) is 3.22.